The fraction of sp³-hybridized carbons (Fsp3) is 0.280. The molecule has 1 amide bonds. The van der Waals surface area contributed by atoms with Gasteiger partial charge in [0.05, 0.1) is 31.7 Å². The second-order valence-electron chi connectivity index (χ2n) is 7.56. The van der Waals surface area contributed by atoms with Crippen LogP contribution >= 0.6 is 0 Å². The Kier molecular flexibility index (Phi) is 5.55. The molecule has 0 atom stereocenters. The molecule has 1 aliphatic rings. The topological polar surface area (TPSA) is 76.1 Å². The van der Waals surface area contributed by atoms with Crippen LogP contribution in [0, 0.1) is 6.92 Å². The van der Waals surface area contributed by atoms with Crippen LogP contribution in [0.5, 0.6) is 11.5 Å². The van der Waals surface area contributed by atoms with Gasteiger partial charge in [-0.1, -0.05) is 29.8 Å². The van der Waals surface area contributed by atoms with Crippen LogP contribution in [0.15, 0.2) is 42.5 Å². The second-order valence-corrected chi connectivity index (χ2v) is 7.56. The molecule has 0 aliphatic carbocycles. The van der Waals surface area contributed by atoms with Gasteiger partial charge in [-0.2, -0.15) is 0 Å². The van der Waals surface area contributed by atoms with E-state index < -0.39 is 5.97 Å². The number of nitrogens with zero attached hydrogens (tertiary/aromatic N) is 1. The number of hydrogen-bond donors (Lipinski definition) is 1. The number of aliphatic carboxylic acids is 1. The van der Waals surface area contributed by atoms with Crippen molar-refractivity contribution in [3.05, 3.63) is 64.7 Å². The van der Waals surface area contributed by atoms with Crippen LogP contribution < -0.4 is 14.4 Å². The van der Waals surface area contributed by atoms with Crippen molar-refractivity contribution >= 4 is 28.3 Å². The first kappa shape index (κ1) is 20.7. The van der Waals surface area contributed by atoms with E-state index in [-0.39, 0.29) is 12.3 Å². The average molecular weight is 419 g/mol. The van der Waals surface area contributed by atoms with Crippen molar-refractivity contribution in [1.82, 2.24) is 0 Å². The molecule has 6 heteroatoms. The van der Waals surface area contributed by atoms with Crippen molar-refractivity contribution in [2.75, 3.05) is 18.1 Å². The van der Waals surface area contributed by atoms with E-state index in [4.69, 9.17) is 14.6 Å². The van der Waals surface area contributed by atoms with E-state index in [0.29, 0.717) is 48.1 Å². The molecule has 0 spiro atoms. The molecule has 6 nitrogen and oxygen atoms in total. The Balaban J connectivity index is 1.85. The molecule has 1 heterocycles. The van der Waals surface area contributed by atoms with E-state index in [1.807, 2.05) is 39.0 Å². The number of rotatable bonds is 7. The van der Waals surface area contributed by atoms with Crippen LogP contribution in [-0.4, -0.2) is 30.2 Å². The molecule has 0 radical (unpaired) electrons. The number of aryl methyl sites for hydroxylation is 1. The third-order valence-corrected chi connectivity index (χ3v) is 5.42. The van der Waals surface area contributed by atoms with Gasteiger partial charge in [0.15, 0.2) is 0 Å². The molecular formula is C25H25NO5. The summed E-state index contributed by atoms with van der Waals surface area (Å²) < 4.78 is 12.0. The lowest BCUT2D eigenvalue weighted by Gasteiger charge is -2.17. The van der Waals surface area contributed by atoms with Crippen molar-refractivity contribution in [3.8, 4) is 11.5 Å². The number of ether oxygens (including phenoxy) is 2. The van der Waals surface area contributed by atoms with E-state index in [1.165, 1.54) is 0 Å². The molecule has 1 N–H and O–H groups in total. The van der Waals surface area contributed by atoms with Gasteiger partial charge < -0.3 is 19.5 Å². The number of carbonyl (C=O) groups is 2. The molecule has 160 valence electrons. The van der Waals surface area contributed by atoms with Crippen molar-refractivity contribution in [2.24, 2.45) is 0 Å². The molecule has 3 aromatic carbocycles. The molecule has 31 heavy (non-hydrogen) atoms. The van der Waals surface area contributed by atoms with Gasteiger partial charge in [0.25, 0.3) is 5.91 Å². The predicted molar refractivity (Wildman–Crippen MR) is 119 cm³/mol. The highest BCUT2D eigenvalue weighted by Gasteiger charge is 2.36. The maximum absolute atomic E-state index is 13.5. The number of benzene rings is 3. The number of fused-ring (bicyclic) bond motifs is 2. The fourth-order valence-electron chi connectivity index (χ4n) is 4.11. The van der Waals surface area contributed by atoms with Crippen LogP contribution in [0.1, 0.15) is 40.9 Å². The Morgan fingerprint density at radius 2 is 1.68 bits per heavy atom. The van der Waals surface area contributed by atoms with E-state index in [1.54, 1.807) is 29.2 Å². The quantitative estimate of drug-likeness (QED) is 0.599. The zero-order chi connectivity index (χ0) is 22.1. The van der Waals surface area contributed by atoms with Crippen LogP contribution in [-0.2, 0) is 17.8 Å². The van der Waals surface area contributed by atoms with Crippen molar-refractivity contribution in [1.29, 1.82) is 0 Å². The Morgan fingerprint density at radius 1 is 1.00 bits per heavy atom. The smallest absolute Gasteiger partial charge is 0.307 e. The maximum Gasteiger partial charge on any atom is 0.307 e. The Hall–Kier alpha value is -3.54. The third-order valence-electron chi connectivity index (χ3n) is 5.42. The van der Waals surface area contributed by atoms with Gasteiger partial charge >= 0.3 is 5.97 Å². The molecule has 0 bridgehead atoms. The number of hydrogen-bond acceptors (Lipinski definition) is 4. The molecular weight excluding hydrogens is 394 g/mol. The summed E-state index contributed by atoms with van der Waals surface area (Å²) in [5.74, 6) is 0.278. The summed E-state index contributed by atoms with van der Waals surface area (Å²) in [5.41, 5.74) is 3.83. The lowest BCUT2D eigenvalue weighted by molar-refractivity contribution is -0.136. The van der Waals surface area contributed by atoms with Gasteiger partial charge in [-0.05, 0) is 44.5 Å². The number of carbonyl (C=O) groups excluding carboxylic acids is 1. The summed E-state index contributed by atoms with van der Waals surface area (Å²) in [4.78, 5) is 26.2. The molecule has 0 saturated heterocycles. The van der Waals surface area contributed by atoms with E-state index in [0.717, 1.165) is 21.9 Å². The minimum absolute atomic E-state index is 0.0534. The molecule has 3 aromatic rings. The zero-order valence-electron chi connectivity index (χ0n) is 17.9. The second kappa shape index (κ2) is 8.30. The van der Waals surface area contributed by atoms with Gasteiger partial charge in [0, 0.05) is 22.0 Å². The summed E-state index contributed by atoms with van der Waals surface area (Å²) in [6.45, 7) is 7.14. The van der Waals surface area contributed by atoms with E-state index in [9.17, 15) is 9.59 Å². The molecule has 0 aromatic heterocycles. The maximum atomic E-state index is 13.5. The highest BCUT2D eigenvalue weighted by Crippen LogP contribution is 2.46. The van der Waals surface area contributed by atoms with Gasteiger partial charge in [-0.25, -0.2) is 0 Å². The average Bonchev–Trinajstić information content (AvgIpc) is 3.08. The van der Waals surface area contributed by atoms with Gasteiger partial charge in [-0.3, -0.25) is 9.59 Å². The zero-order valence-corrected chi connectivity index (χ0v) is 17.9. The monoisotopic (exact) mass is 419 g/mol. The largest absolute Gasteiger partial charge is 0.493 e. The number of carboxylic acid groups (broad SMARTS) is 1. The normalized spacial score (nSPS) is 12.9. The molecule has 1 aliphatic heterocycles. The van der Waals surface area contributed by atoms with Gasteiger partial charge in [0.1, 0.15) is 11.5 Å². The van der Waals surface area contributed by atoms with Crippen molar-refractivity contribution in [3.63, 3.8) is 0 Å². The van der Waals surface area contributed by atoms with E-state index in [2.05, 4.69) is 0 Å². The Labute approximate surface area is 181 Å². The highest BCUT2D eigenvalue weighted by molar-refractivity contribution is 6.17. The lowest BCUT2D eigenvalue weighted by atomic mass is 9.98. The van der Waals surface area contributed by atoms with Crippen LogP contribution in [0.4, 0.5) is 5.69 Å². The van der Waals surface area contributed by atoms with Crippen LogP contribution in [0.3, 0.4) is 0 Å². The summed E-state index contributed by atoms with van der Waals surface area (Å²) in [7, 11) is 0. The van der Waals surface area contributed by atoms with Crippen molar-refractivity contribution < 1.29 is 24.2 Å². The first-order valence-electron chi connectivity index (χ1n) is 10.4. The highest BCUT2D eigenvalue weighted by atomic mass is 16.5. The first-order chi connectivity index (χ1) is 14.9. The molecule has 4 rings (SSSR count). The molecule has 0 fully saturated rings. The van der Waals surface area contributed by atoms with E-state index >= 15 is 0 Å². The van der Waals surface area contributed by atoms with Crippen molar-refractivity contribution in [2.45, 2.75) is 33.7 Å². The van der Waals surface area contributed by atoms with Gasteiger partial charge in [-0.15, -0.1) is 0 Å². The fourth-order valence-corrected chi connectivity index (χ4v) is 4.11. The first-order valence-corrected chi connectivity index (χ1v) is 10.4. The lowest BCUT2D eigenvalue weighted by Crippen LogP contribution is -2.23. The minimum atomic E-state index is -0.887. The third kappa shape index (κ3) is 3.69. The standard InChI is InChI=1S/C25H25NO5/c1-4-30-23-18-11-6-15(3)12-19(18)24(31-5-2)22-20(23)14-26(25(22)29)17-9-7-16(8-10-17)13-21(27)28/h6-12H,4-5,13-14H2,1-3H3,(H,27,28). The summed E-state index contributed by atoms with van der Waals surface area (Å²) in [5, 5.41) is 10.8. The minimum Gasteiger partial charge on any atom is -0.493 e. The van der Waals surface area contributed by atoms with Gasteiger partial charge in [0.2, 0.25) is 0 Å². The van der Waals surface area contributed by atoms with Crippen LogP contribution in [0.25, 0.3) is 10.8 Å². The SMILES string of the molecule is CCOc1c2c(c(OCC)c3cc(C)ccc13)C(=O)N(c1ccc(CC(=O)O)cc1)C2. The Morgan fingerprint density at radius 3 is 2.32 bits per heavy atom. The summed E-state index contributed by atoms with van der Waals surface area (Å²) in [6, 6.07) is 13.1. The summed E-state index contributed by atoms with van der Waals surface area (Å²) >= 11 is 0. The Bertz CT molecular complexity index is 1170. The molecule has 0 unspecified atom stereocenters. The number of anilines is 1. The summed E-state index contributed by atoms with van der Waals surface area (Å²) in [6.07, 6.45) is -0.0534. The molecule has 0 saturated carbocycles. The van der Waals surface area contributed by atoms with Crippen LogP contribution in [0.2, 0.25) is 0 Å². The predicted octanol–water partition coefficient (Wildman–Crippen LogP) is 4.73. The number of carboxylic acids is 1. The number of amides is 1.